The zero-order valence-corrected chi connectivity index (χ0v) is 21.2. The van der Waals surface area contributed by atoms with Crippen molar-refractivity contribution in [2.24, 2.45) is 10.7 Å². The molecule has 3 aromatic rings. The van der Waals surface area contributed by atoms with Gasteiger partial charge >= 0.3 is 0 Å². The van der Waals surface area contributed by atoms with Gasteiger partial charge in [0.25, 0.3) is 5.91 Å². The highest BCUT2D eigenvalue weighted by Crippen LogP contribution is 2.39. The average Bonchev–Trinajstić information content (AvgIpc) is 3.37. The maximum absolute atomic E-state index is 13.7. The summed E-state index contributed by atoms with van der Waals surface area (Å²) in [4.78, 5) is 32.7. The average molecular weight is 503 g/mol. The number of primary amides is 1. The number of nitrogens with two attached hydrogens (primary N) is 1. The molecule has 1 aromatic heterocycles. The lowest BCUT2D eigenvalue weighted by atomic mass is 9.94. The normalized spacial score (nSPS) is 19.0. The molecule has 0 radical (unpaired) electrons. The molecule has 8 heteroatoms. The summed E-state index contributed by atoms with van der Waals surface area (Å²) >= 11 is 1.41. The Hall–Kier alpha value is -3.52. The van der Waals surface area contributed by atoms with E-state index >= 15 is 0 Å². The minimum Gasteiger partial charge on any atom is -0.494 e. The number of amidine groups is 1. The number of hydrogen-bond acceptors (Lipinski definition) is 5. The van der Waals surface area contributed by atoms with Gasteiger partial charge in [-0.3, -0.25) is 14.5 Å². The third-order valence-corrected chi connectivity index (χ3v) is 7.56. The Kier molecular flexibility index (Phi) is 7.13. The molecule has 2 aromatic carbocycles. The molecule has 1 saturated carbocycles. The zero-order chi connectivity index (χ0) is 25.1. The largest absolute Gasteiger partial charge is 0.494 e. The van der Waals surface area contributed by atoms with E-state index in [0.717, 1.165) is 53.6 Å². The molecular formula is C28H30N4O3S. The van der Waals surface area contributed by atoms with Crippen LogP contribution in [0.15, 0.2) is 64.6 Å². The summed E-state index contributed by atoms with van der Waals surface area (Å²) in [5.74, 6) is 0.381. The number of amides is 2. The van der Waals surface area contributed by atoms with Crippen LogP contribution in [-0.2, 0) is 16.1 Å². The van der Waals surface area contributed by atoms with Crippen molar-refractivity contribution in [1.82, 2.24) is 9.47 Å². The number of carbonyl (C=O) groups excluding carboxylic acids is 2. The number of thioether (sulfide) groups is 1. The fraction of sp³-hybridized carbons (Fsp3) is 0.321. The number of carbonyl (C=O) groups is 2. The van der Waals surface area contributed by atoms with Crippen molar-refractivity contribution in [2.45, 2.75) is 51.6 Å². The van der Waals surface area contributed by atoms with Crippen molar-refractivity contribution in [2.75, 3.05) is 6.61 Å². The monoisotopic (exact) mass is 502 g/mol. The quantitative estimate of drug-likeness (QED) is 0.434. The van der Waals surface area contributed by atoms with Crippen molar-refractivity contribution >= 4 is 51.4 Å². The molecule has 36 heavy (non-hydrogen) atoms. The number of rotatable bonds is 7. The fourth-order valence-electron chi connectivity index (χ4n) is 4.95. The first-order valence-electron chi connectivity index (χ1n) is 12.4. The molecule has 1 saturated heterocycles. The van der Waals surface area contributed by atoms with Crippen LogP contribution in [0.2, 0.25) is 0 Å². The van der Waals surface area contributed by atoms with Crippen LogP contribution in [0.5, 0.6) is 5.75 Å². The van der Waals surface area contributed by atoms with Crippen molar-refractivity contribution in [3.63, 3.8) is 0 Å². The summed E-state index contributed by atoms with van der Waals surface area (Å²) in [7, 11) is 0. The maximum atomic E-state index is 13.7. The number of hydrogen-bond donors (Lipinski definition) is 1. The lowest BCUT2D eigenvalue weighted by Gasteiger charge is -2.30. The molecule has 1 aliphatic heterocycles. The standard InChI is InChI=1S/C28H30N4O3S/c1-2-35-22-14-12-20(13-15-22)30-28-32(21-8-4-3-5-9-21)27(34)25(36-28)16-19-17-31(18-26(29)33)24-11-7-6-10-23(19)24/h6-7,10-17,21H,2-5,8-9,18H2,1H3,(H2,29,33)/b25-16+,30-28?. The first-order valence-corrected chi connectivity index (χ1v) is 13.3. The van der Waals surface area contributed by atoms with E-state index in [9.17, 15) is 9.59 Å². The Morgan fingerprint density at radius 2 is 1.89 bits per heavy atom. The lowest BCUT2D eigenvalue weighted by molar-refractivity contribution is -0.124. The van der Waals surface area contributed by atoms with Gasteiger partial charge in [-0.05, 0) is 67.9 Å². The number of benzene rings is 2. The minimum atomic E-state index is -0.408. The number of fused-ring (bicyclic) bond motifs is 1. The van der Waals surface area contributed by atoms with E-state index in [4.69, 9.17) is 15.5 Å². The molecule has 2 aliphatic rings. The molecule has 1 aliphatic carbocycles. The molecular weight excluding hydrogens is 472 g/mol. The Morgan fingerprint density at radius 3 is 2.61 bits per heavy atom. The van der Waals surface area contributed by atoms with Crippen LogP contribution in [0.25, 0.3) is 17.0 Å². The summed E-state index contributed by atoms with van der Waals surface area (Å²) < 4.78 is 7.39. The van der Waals surface area contributed by atoms with Crippen LogP contribution in [-0.4, -0.2) is 39.1 Å². The molecule has 2 amide bonds. The third kappa shape index (κ3) is 5.04. The highest BCUT2D eigenvalue weighted by atomic mass is 32.2. The maximum Gasteiger partial charge on any atom is 0.267 e. The van der Waals surface area contributed by atoms with E-state index in [0.29, 0.717) is 16.7 Å². The second-order valence-corrected chi connectivity index (χ2v) is 10.1. The van der Waals surface area contributed by atoms with E-state index in [2.05, 4.69) is 0 Å². The van der Waals surface area contributed by atoms with Crippen molar-refractivity contribution in [3.8, 4) is 5.75 Å². The number of para-hydroxylation sites is 1. The Morgan fingerprint density at radius 1 is 1.14 bits per heavy atom. The van der Waals surface area contributed by atoms with Gasteiger partial charge in [0, 0.05) is 28.7 Å². The van der Waals surface area contributed by atoms with Crippen LogP contribution in [0, 0.1) is 0 Å². The SMILES string of the molecule is CCOc1ccc(N=C2S/C(=C/c3cn(CC(N)=O)c4ccccc34)C(=O)N2C2CCCCC2)cc1. The molecule has 5 rings (SSSR count). The second-order valence-electron chi connectivity index (χ2n) is 9.09. The molecule has 2 fully saturated rings. The van der Waals surface area contributed by atoms with Gasteiger partial charge in [-0.15, -0.1) is 0 Å². The summed E-state index contributed by atoms with van der Waals surface area (Å²) in [5, 5.41) is 1.68. The summed E-state index contributed by atoms with van der Waals surface area (Å²) in [6.07, 6.45) is 9.23. The molecule has 0 bridgehead atoms. The Balaban J connectivity index is 1.52. The highest BCUT2D eigenvalue weighted by Gasteiger charge is 2.38. The van der Waals surface area contributed by atoms with E-state index < -0.39 is 5.91 Å². The predicted molar refractivity (Wildman–Crippen MR) is 145 cm³/mol. The molecule has 0 spiro atoms. The van der Waals surface area contributed by atoms with Crippen LogP contribution >= 0.6 is 11.8 Å². The molecule has 0 unspecified atom stereocenters. The van der Waals surface area contributed by atoms with E-state index in [-0.39, 0.29) is 18.5 Å². The highest BCUT2D eigenvalue weighted by molar-refractivity contribution is 8.18. The first-order chi connectivity index (χ1) is 17.5. The fourth-order valence-corrected chi connectivity index (χ4v) is 6.00. The topological polar surface area (TPSA) is 89.9 Å². The summed E-state index contributed by atoms with van der Waals surface area (Å²) in [6, 6.07) is 15.6. The first kappa shape index (κ1) is 24.2. The Labute approximate surface area is 215 Å². The van der Waals surface area contributed by atoms with Crippen LogP contribution in [0.3, 0.4) is 0 Å². The summed E-state index contributed by atoms with van der Waals surface area (Å²) in [6.45, 7) is 2.65. The van der Waals surface area contributed by atoms with E-state index in [1.54, 1.807) is 0 Å². The number of nitrogens with zero attached hydrogens (tertiary/aromatic N) is 3. The van der Waals surface area contributed by atoms with Gasteiger partial charge in [0.1, 0.15) is 12.3 Å². The third-order valence-electron chi connectivity index (χ3n) is 6.58. The number of ether oxygens (including phenoxy) is 1. The zero-order valence-electron chi connectivity index (χ0n) is 20.4. The number of aliphatic imine (C=N–C) groups is 1. The van der Waals surface area contributed by atoms with Gasteiger partial charge in [0.05, 0.1) is 17.2 Å². The lowest BCUT2D eigenvalue weighted by Crippen LogP contribution is -2.40. The van der Waals surface area contributed by atoms with Gasteiger partial charge in [-0.25, -0.2) is 4.99 Å². The van der Waals surface area contributed by atoms with Crippen LogP contribution in [0.4, 0.5) is 5.69 Å². The molecule has 186 valence electrons. The Bertz CT molecular complexity index is 1340. The van der Waals surface area contributed by atoms with E-state index in [1.165, 1.54) is 18.2 Å². The minimum absolute atomic E-state index is 0.0108. The van der Waals surface area contributed by atoms with Crippen LogP contribution in [0.1, 0.15) is 44.6 Å². The van der Waals surface area contributed by atoms with Crippen molar-refractivity contribution in [1.29, 1.82) is 0 Å². The molecule has 2 heterocycles. The number of aromatic nitrogens is 1. The van der Waals surface area contributed by atoms with Gasteiger partial charge in [-0.2, -0.15) is 0 Å². The second kappa shape index (κ2) is 10.6. The van der Waals surface area contributed by atoms with Crippen molar-refractivity contribution in [3.05, 3.63) is 65.2 Å². The predicted octanol–water partition coefficient (Wildman–Crippen LogP) is 5.46. The van der Waals surface area contributed by atoms with Gasteiger partial charge in [0.15, 0.2) is 5.17 Å². The summed E-state index contributed by atoms with van der Waals surface area (Å²) in [5.41, 5.74) is 8.04. The van der Waals surface area contributed by atoms with Crippen molar-refractivity contribution < 1.29 is 14.3 Å². The van der Waals surface area contributed by atoms with Crippen LogP contribution < -0.4 is 10.5 Å². The van der Waals surface area contributed by atoms with Gasteiger partial charge in [-0.1, -0.05) is 37.5 Å². The van der Waals surface area contributed by atoms with Gasteiger partial charge < -0.3 is 15.0 Å². The van der Waals surface area contributed by atoms with E-state index in [1.807, 2.05) is 77.2 Å². The molecule has 7 nitrogen and oxygen atoms in total. The smallest absolute Gasteiger partial charge is 0.267 e. The molecule has 0 atom stereocenters. The van der Waals surface area contributed by atoms with Gasteiger partial charge in [0.2, 0.25) is 5.91 Å². The molecule has 2 N–H and O–H groups in total.